The molecule has 0 heterocycles. The first kappa shape index (κ1) is 37.4. The number of rotatable bonds is 5. The summed E-state index contributed by atoms with van der Waals surface area (Å²) in [5.74, 6) is -0.232. The Bertz CT molecular complexity index is 2240. The number of fused-ring (bicyclic) bond motifs is 2. The van der Waals surface area contributed by atoms with Crippen LogP contribution in [0.1, 0.15) is 75.3 Å². The molecule has 0 saturated carbocycles. The summed E-state index contributed by atoms with van der Waals surface area (Å²) in [7, 11) is 0. The smallest absolute Gasteiger partial charge is 0.337 e. The van der Waals surface area contributed by atoms with E-state index in [0.717, 1.165) is 12.8 Å². The molecular weight excluding hydrogens is 792 g/mol. The molecule has 53 heavy (non-hydrogen) atoms. The summed E-state index contributed by atoms with van der Waals surface area (Å²) in [4.78, 5) is 23.8. The number of carboxylic acid groups (broad SMARTS) is 1. The SMILES string of the molecule is Brc1ccc2c(c1)C1c3ccccc3C2c2ccccc21.CCCCON=O.Nc1ccc(Br)cc1C(=O)O.c1ccc2cc3ccccc3cc2c1. The lowest BCUT2D eigenvalue weighted by molar-refractivity contribution is 0.0698. The fourth-order valence-electron chi connectivity index (χ4n) is 6.98. The van der Waals surface area contributed by atoms with E-state index in [-0.39, 0.29) is 11.3 Å². The number of carboxylic acids is 1. The van der Waals surface area contributed by atoms with E-state index in [1.54, 1.807) is 12.1 Å². The molecular formula is C45H38Br2N2O4. The van der Waals surface area contributed by atoms with Gasteiger partial charge in [-0.05, 0) is 104 Å². The van der Waals surface area contributed by atoms with Crippen molar-refractivity contribution in [3.63, 3.8) is 0 Å². The molecule has 0 atom stereocenters. The number of halogens is 2. The van der Waals surface area contributed by atoms with Gasteiger partial charge in [-0.3, -0.25) is 0 Å². The number of carbonyl (C=O) groups is 1. The minimum absolute atomic E-state index is 0.124. The van der Waals surface area contributed by atoms with Crippen LogP contribution in [0.15, 0.2) is 160 Å². The van der Waals surface area contributed by atoms with Crippen molar-refractivity contribution in [2.75, 3.05) is 12.3 Å². The molecule has 10 rings (SSSR count). The number of nitrogens with two attached hydrogens (primary N) is 1. The maximum absolute atomic E-state index is 10.5. The number of unbranched alkanes of at least 4 members (excludes halogenated alkanes) is 1. The van der Waals surface area contributed by atoms with Gasteiger partial charge in [0.15, 0.2) is 5.34 Å². The summed E-state index contributed by atoms with van der Waals surface area (Å²) in [5, 5.41) is 16.1. The fraction of sp³-hybridized carbons (Fsp3) is 0.133. The van der Waals surface area contributed by atoms with E-state index in [2.05, 4.69) is 169 Å². The Hall–Kier alpha value is -5.31. The molecule has 0 spiro atoms. The lowest BCUT2D eigenvalue weighted by Crippen LogP contribution is -2.27. The Labute approximate surface area is 325 Å². The molecule has 8 heteroatoms. The van der Waals surface area contributed by atoms with Crippen molar-refractivity contribution in [2.45, 2.75) is 31.6 Å². The first-order valence-electron chi connectivity index (χ1n) is 17.4. The van der Waals surface area contributed by atoms with Gasteiger partial charge < -0.3 is 15.7 Å². The van der Waals surface area contributed by atoms with E-state index < -0.39 is 5.97 Å². The zero-order valence-corrected chi connectivity index (χ0v) is 32.3. The van der Waals surface area contributed by atoms with Gasteiger partial charge in [0.1, 0.15) is 6.61 Å². The highest BCUT2D eigenvalue weighted by Crippen LogP contribution is 2.55. The van der Waals surface area contributed by atoms with Gasteiger partial charge in [-0.1, -0.05) is 148 Å². The van der Waals surface area contributed by atoms with Crippen LogP contribution in [0.3, 0.4) is 0 Å². The second kappa shape index (κ2) is 17.5. The van der Waals surface area contributed by atoms with Gasteiger partial charge in [-0.25, -0.2) is 4.79 Å². The molecule has 3 N–H and O–H groups in total. The predicted molar refractivity (Wildman–Crippen MR) is 223 cm³/mol. The van der Waals surface area contributed by atoms with Gasteiger partial charge in [-0.2, -0.15) is 0 Å². The molecule has 0 unspecified atom stereocenters. The normalized spacial score (nSPS) is 14.1. The largest absolute Gasteiger partial charge is 0.478 e. The van der Waals surface area contributed by atoms with E-state index in [1.165, 1.54) is 65.5 Å². The van der Waals surface area contributed by atoms with Crippen molar-refractivity contribution in [1.82, 2.24) is 0 Å². The minimum Gasteiger partial charge on any atom is -0.478 e. The molecule has 0 amide bonds. The van der Waals surface area contributed by atoms with Gasteiger partial charge in [0.05, 0.1) is 5.56 Å². The van der Waals surface area contributed by atoms with E-state index in [4.69, 9.17) is 10.8 Å². The van der Waals surface area contributed by atoms with Crippen molar-refractivity contribution in [1.29, 1.82) is 0 Å². The number of benzene rings is 7. The predicted octanol–water partition coefficient (Wildman–Crippen LogP) is 12.6. The Balaban J connectivity index is 0.000000131. The van der Waals surface area contributed by atoms with Crippen molar-refractivity contribution in [3.05, 3.63) is 198 Å². The first-order valence-corrected chi connectivity index (χ1v) is 19.0. The Morgan fingerprint density at radius 2 is 1.04 bits per heavy atom. The summed E-state index contributed by atoms with van der Waals surface area (Å²) in [6.45, 7) is 2.48. The molecule has 0 fully saturated rings. The summed E-state index contributed by atoms with van der Waals surface area (Å²) in [6.07, 6.45) is 1.95. The molecule has 0 saturated heterocycles. The number of nitrogen functional groups attached to an aromatic ring is 1. The van der Waals surface area contributed by atoms with Crippen LogP contribution in [0.25, 0.3) is 21.5 Å². The van der Waals surface area contributed by atoms with Crippen molar-refractivity contribution >= 4 is 65.1 Å². The van der Waals surface area contributed by atoms with Crippen LogP contribution >= 0.6 is 31.9 Å². The number of hydrogen-bond donors (Lipinski definition) is 2. The lowest BCUT2D eigenvalue weighted by Gasteiger charge is -2.42. The average molecular weight is 831 g/mol. The quantitative estimate of drug-likeness (QED) is 0.0591. The summed E-state index contributed by atoms with van der Waals surface area (Å²) in [5.41, 5.74) is 14.7. The Morgan fingerprint density at radius 1 is 0.623 bits per heavy atom. The van der Waals surface area contributed by atoms with E-state index >= 15 is 0 Å². The summed E-state index contributed by atoms with van der Waals surface area (Å²) in [6, 6.07) is 50.8. The van der Waals surface area contributed by atoms with Crippen LogP contribution in [0.2, 0.25) is 0 Å². The molecule has 3 aliphatic carbocycles. The van der Waals surface area contributed by atoms with Crippen LogP contribution in [0.4, 0.5) is 5.69 Å². The maximum atomic E-state index is 10.5. The van der Waals surface area contributed by atoms with Crippen LogP contribution in [0.5, 0.6) is 0 Å². The van der Waals surface area contributed by atoms with Gasteiger partial charge in [-0.15, -0.1) is 4.91 Å². The number of aromatic carboxylic acids is 1. The zero-order valence-electron chi connectivity index (χ0n) is 29.1. The molecule has 266 valence electrons. The standard InChI is InChI=1S/C20H13Br.C14H10.C7H6BrNO2.C4H9NO2/c21-12-9-10-17-18(11-12)20-15-7-3-1-5-13(15)19(17)14-6-2-4-8-16(14)20;1-2-6-12-10-14-8-4-3-7-13(14)9-11(12)5-1;8-4-1-2-6(9)5(3-4)7(10)11;1-2-3-4-7-5-6/h1-11,19-20H;1-10H;1-3H,9H2,(H,10,11);2-4H2,1H3. The maximum Gasteiger partial charge on any atom is 0.337 e. The summed E-state index contributed by atoms with van der Waals surface area (Å²) >= 11 is 6.79. The third-order valence-corrected chi connectivity index (χ3v) is 10.4. The molecule has 7 aromatic carbocycles. The molecule has 0 aromatic heterocycles. The summed E-state index contributed by atoms with van der Waals surface area (Å²) < 4.78 is 1.88. The third-order valence-electron chi connectivity index (χ3n) is 9.41. The zero-order chi connectivity index (χ0) is 37.3. The number of anilines is 1. The van der Waals surface area contributed by atoms with Gasteiger partial charge in [0, 0.05) is 26.5 Å². The Morgan fingerprint density at radius 3 is 1.47 bits per heavy atom. The molecule has 3 aliphatic rings. The molecule has 2 bridgehead atoms. The fourth-order valence-corrected chi connectivity index (χ4v) is 7.72. The van der Waals surface area contributed by atoms with Crippen LogP contribution in [-0.2, 0) is 4.84 Å². The molecule has 0 aliphatic heterocycles. The van der Waals surface area contributed by atoms with Gasteiger partial charge >= 0.3 is 5.97 Å². The monoisotopic (exact) mass is 828 g/mol. The molecule has 0 radical (unpaired) electrons. The van der Waals surface area contributed by atoms with E-state index in [0.29, 0.717) is 22.9 Å². The molecule has 7 aromatic rings. The van der Waals surface area contributed by atoms with Crippen LogP contribution < -0.4 is 5.73 Å². The van der Waals surface area contributed by atoms with Crippen molar-refractivity contribution < 1.29 is 14.7 Å². The van der Waals surface area contributed by atoms with Gasteiger partial charge in [0.2, 0.25) is 0 Å². The highest BCUT2D eigenvalue weighted by atomic mass is 79.9. The van der Waals surface area contributed by atoms with Gasteiger partial charge in [0.25, 0.3) is 0 Å². The Kier molecular flexibility index (Phi) is 12.3. The first-order chi connectivity index (χ1) is 25.8. The third kappa shape index (κ3) is 8.51. The highest BCUT2D eigenvalue weighted by Gasteiger charge is 2.40. The lowest BCUT2D eigenvalue weighted by atomic mass is 9.61. The van der Waals surface area contributed by atoms with Crippen molar-refractivity contribution in [3.8, 4) is 0 Å². The van der Waals surface area contributed by atoms with E-state index in [9.17, 15) is 9.70 Å². The number of hydrogen-bond acceptors (Lipinski definition) is 5. The van der Waals surface area contributed by atoms with Crippen LogP contribution in [0, 0.1) is 4.91 Å². The minimum atomic E-state index is -1.01. The molecule has 6 nitrogen and oxygen atoms in total. The average Bonchev–Trinajstić information content (AvgIpc) is 3.18. The topological polar surface area (TPSA) is 102 Å². The second-order valence-corrected chi connectivity index (χ2v) is 14.6. The number of nitrogens with zero attached hydrogens (tertiary/aromatic N) is 1. The van der Waals surface area contributed by atoms with E-state index in [1.807, 2.05) is 6.92 Å². The van der Waals surface area contributed by atoms with Crippen molar-refractivity contribution in [2.24, 2.45) is 5.34 Å². The highest BCUT2D eigenvalue weighted by molar-refractivity contribution is 9.10. The van der Waals surface area contributed by atoms with Crippen LogP contribution in [-0.4, -0.2) is 17.7 Å². The second-order valence-electron chi connectivity index (χ2n) is 12.7.